The molecule has 0 aromatic carbocycles. The molecular formula is C6H7N3O3S2. The number of hydrogen-bond acceptors (Lipinski definition) is 5. The molecule has 0 saturated heterocycles. The van der Waals surface area contributed by atoms with E-state index >= 15 is 0 Å². The van der Waals surface area contributed by atoms with E-state index in [9.17, 15) is 13.2 Å². The standard InChI is InChI=1S/C6H7N3O3S2/c7-1-2-14(11,12)8-3-5-4-13-6(10)9-5/h4,8H,2-3H2,(H,9,10). The summed E-state index contributed by atoms with van der Waals surface area (Å²) in [6.45, 7) is 0.00273. The van der Waals surface area contributed by atoms with Gasteiger partial charge in [0.25, 0.3) is 0 Å². The number of nitriles is 1. The monoisotopic (exact) mass is 233 g/mol. The predicted molar refractivity (Wildman–Crippen MR) is 51.2 cm³/mol. The smallest absolute Gasteiger partial charge is 0.304 e. The second kappa shape index (κ2) is 4.36. The first-order chi connectivity index (χ1) is 6.53. The summed E-state index contributed by atoms with van der Waals surface area (Å²) in [5.41, 5.74) is 0.488. The van der Waals surface area contributed by atoms with Crippen molar-refractivity contribution in [3.63, 3.8) is 0 Å². The van der Waals surface area contributed by atoms with E-state index in [1.54, 1.807) is 0 Å². The van der Waals surface area contributed by atoms with Crippen LogP contribution in [0.5, 0.6) is 0 Å². The van der Waals surface area contributed by atoms with E-state index in [4.69, 9.17) is 5.26 Å². The third-order valence-corrected chi connectivity index (χ3v) is 3.12. The molecule has 1 aromatic rings. The fourth-order valence-corrected chi connectivity index (χ4v) is 1.95. The maximum atomic E-state index is 11.0. The Morgan fingerprint density at radius 1 is 1.64 bits per heavy atom. The molecule has 0 aliphatic carbocycles. The van der Waals surface area contributed by atoms with Crippen LogP contribution < -0.4 is 9.60 Å². The number of thiazole rings is 1. The van der Waals surface area contributed by atoms with E-state index in [1.807, 2.05) is 0 Å². The molecule has 2 N–H and O–H groups in total. The Bertz CT molecular complexity index is 493. The van der Waals surface area contributed by atoms with Crippen molar-refractivity contribution in [1.29, 1.82) is 5.26 Å². The Morgan fingerprint density at radius 3 is 2.86 bits per heavy atom. The second-order valence-electron chi connectivity index (χ2n) is 2.41. The average Bonchev–Trinajstić information content (AvgIpc) is 2.48. The molecule has 0 unspecified atom stereocenters. The minimum Gasteiger partial charge on any atom is -0.315 e. The highest BCUT2D eigenvalue weighted by Gasteiger charge is 2.08. The molecule has 0 saturated carbocycles. The Hall–Kier alpha value is -1.17. The molecule has 14 heavy (non-hydrogen) atoms. The van der Waals surface area contributed by atoms with Crippen molar-refractivity contribution in [2.75, 3.05) is 5.75 Å². The van der Waals surface area contributed by atoms with Crippen LogP contribution >= 0.6 is 11.3 Å². The number of rotatable bonds is 4. The van der Waals surface area contributed by atoms with Gasteiger partial charge < -0.3 is 4.98 Å². The van der Waals surface area contributed by atoms with Crippen LogP contribution in [0.25, 0.3) is 0 Å². The average molecular weight is 233 g/mol. The molecule has 0 amide bonds. The molecule has 0 aliphatic rings. The van der Waals surface area contributed by atoms with E-state index in [-0.39, 0.29) is 11.4 Å². The van der Waals surface area contributed by atoms with Crippen LogP contribution in [-0.4, -0.2) is 19.2 Å². The minimum absolute atomic E-state index is 0.00273. The summed E-state index contributed by atoms with van der Waals surface area (Å²) in [5, 5.41) is 9.70. The molecule has 0 bridgehead atoms. The first kappa shape index (κ1) is 10.9. The zero-order valence-corrected chi connectivity index (χ0v) is 8.61. The Balaban J connectivity index is 2.58. The van der Waals surface area contributed by atoms with Gasteiger partial charge in [-0.25, -0.2) is 13.1 Å². The molecule has 0 fully saturated rings. The lowest BCUT2D eigenvalue weighted by Crippen LogP contribution is -2.25. The zero-order valence-electron chi connectivity index (χ0n) is 6.98. The highest BCUT2D eigenvalue weighted by atomic mass is 32.2. The van der Waals surface area contributed by atoms with Crippen LogP contribution in [0.15, 0.2) is 10.2 Å². The van der Waals surface area contributed by atoms with Crippen LogP contribution in [0.3, 0.4) is 0 Å². The predicted octanol–water partition coefficient (Wildman–Crippen LogP) is -0.621. The van der Waals surface area contributed by atoms with Crippen LogP contribution in [0.1, 0.15) is 5.69 Å². The first-order valence-corrected chi connectivity index (χ1v) is 6.07. The third-order valence-electron chi connectivity index (χ3n) is 1.31. The Kier molecular flexibility index (Phi) is 3.40. The molecule has 6 nitrogen and oxygen atoms in total. The highest BCUT2D eigenvalue weighted by Crippen LogP contribution is 1.95. The van der Waals surface area contributed by atoms with Crippen molar-refractivity contribution < 1.29 is 8.42 Å². The van der Waals surface area contributed by atoms with Gasteiger partial charge in [0.05, 0.1) is 12.6 Å². The van der Waals surface area contributed by atoms with Gasteiger partial charge in [-0.15, -0.1) is 0 Å². The Morgan fingerprint density at radius 2 is 2.36 bits per heavy atom. The van der Waals surface area contributed by atoms with Gasteiger partial charge in [-0.2, -0.15) is 5.26 Å². The molecule has 1 aromatic heterocycles. The van der Waals surface area contributed by atoms with Crippen LogP contribution in [-0.2, 0) is 16.6 Å². The quantitative estimate of drug-likeness (QED) is 0.723. The second-order valence-corrected chi connectivity index (χ2v) is 5.06. The van der Waals surface area contributed by atoms with Crippen LogP contribution in [0.2, 0.25) is 0 Å². The molecule has 8 heteroatoms. The van der Waals surface area contributed by atoms with Gasteiger partial charge in [-0.1, -0.05) is 11.3 Å². The molecule has 0 spiro atoms. The summed E-state index contributed by atoms with van der Waals surface area (Å²) in [6, 6.07) is 1.53. The molecular weight excluding hydrogens is 226 g/mol. The van der Waals surface area contributed by atoms with E-state index in [2.05, 4.69) is 9.71 Å². The summed E-state index contributed by atoms with van der Waals surface area (Å²) in [6.07, 6.45) is 0. The summed E-state index contributed by atoms with van der Waals surface area (Å²) < 4.78 is 24.2. The lowest BCUT2D eigenvalue weighted by Gasteiger charge is -1.99. The molecule has 0 aliphatic heterocycles. The molecule has 1 rings (SSSR count). The van der Waals surface area contributed by atoms with E-state index in [0.29, 0.717) is 5.69 Å². The topological polar surface area (TPSA) is 103 Å². The number of hydrogen-bond donors (Lipinski definition) is 2. The van der Waals surface area contributed by atoms with Gasteiger partial charge >= 0.3 is 4.87 Å². The lowest BCUT2D eigenvalue weighted by atomic mass is 10.5. The number of nitrogens with one attached hydrogen (secondary N) is 2. The Labute approximate surface area is 84.3 Å². The maximum absolute atomic E-state index is 11.0. The molecule has 1 heterocycles. The van der Waals surface area contributed by atoms with E-state index < -0.39 is 15.8 Å². The van der Waals surface area contributed by atoms with Gasteiger partial charge in [-0.05, 0) is 0 Å². The molecule has 0 radical (unpaired) electrons. The fourth-order valence-electron chi connectivity index (χ4n) is 0.724. The summed E-state index contributed by atoms with van der Waals surface area (Å²) in [7, 11) is -3.55. The summed E-state index contributed by atoms with van der Waals surface area (Å²) >= 11 is 0.957. The van der Waals surface area contributed by atoms with Gasteiger partial charge in [0.2, 0.25) is 10.0 Å². The van der Waals surface area contributed by atoms with Gasteiger partial charge in [0.15, 0.2) is 5.75 Å². The maximum Gasteiger partial charge on any atom is 0.304 e. The zero-order chi connectivity index (χ0) is 10.6. The van der Waals surface area contributed by atoms with E-state index in [0.717, 1.165) is 11.3 Å². The number of sulfonamides is 1. The van der Waals surface area contributed by atoms with Gasteiger partial charge in [0, 0.05) is 11.1 Å². The van der Waals surface area contributed by atoms with E-state index in [1.165, 1.54) is 11.4 Å². The summed E-state index contributed by atoms with van der Waals surface area (Å²) in [4.78, 5) is 12.9. The van der Waals surface area contributed by atoms with Crippen LogP contribution in [0, 0.1) is 11.3 Å². The fraction of sp³-hybridized carbons (Fsp3) is 0.333. The molecule has 76 valence electrons. The van der Waals surface area contributed by atoms with Crippen molar-refractivity contribution in [3.8, 4) is 6.07 Å². The van der Waals surface area contributed by atoms with Crippen molar-refractivity contribution in [2.45, 2.75) is 6.54 Å². The van der Waals surface area contributed by atoms with Crippen molar-refractivity contribution in [3.05, 3.63) is 20.7 Å². The third kappa shape index (κ3) is 3.29. The SMILES string of the molecule is N#CCS(=O)(=O)NCc1csc(=O)[nH]1. The summed E-state index contributed by atoms with van der Waals surface area (Å²) in [5.74, 6) is -0.582. The lowest BCUT2D eigenvalue weighted by molar-refractivity contribution is 0.584. The normalized spacial score (nSPS) is 11.1. The first-order valence-electron chi connectivity index (χ1n) is 3.54. The minimum atomic E-state index is -3.55. The van der Waals surface area contributed by atoms with Crippen LogP contribution in [0.4, 0.5) is 0 Å². The number of nitrogens with zero attached hydrogens (tertiary/aromatic N) is 1. The number of H-pyrrole nitrogens is 1. The number of aromatic nitrogens is 1. The highest BCUT2D eigenvalue weighted by molar-refractivity contribution is 7.89. The molecule has 0 atom stereocenters. The van der Waals surface area contributed by atoms with Crippen molar-refractivity contribution in [1.82, 2.24) is 9.71 Å². The largest absolute Gasteiger partial charge is 0.315 e. The van der Waals surface area contributed by atoms with Crippen molar-refractivity contribution in [2.24, 2.45) is 0 Å². The van der Waals surface area contributed by atoms with Gasteiger partial charge in [-0.3, -0.25) is 4.79 Å². The van der Waals surface area contributed by atoms with Crippen molar-refractivity contribution >= 4 is 21.4 Å². The van der Waals surface area contributed by atoms with Gasteiger partial charge in [0.1, 0.15) is 0 Å². The number of aromatic amines is 1.